The number of alkyl halides is 3. The first-order valence-electron chi connectivity index (χ1n) is 4.55. The molecule has 88 valence electrons. The molecule has 0 aliphatic rings. The van der Waals surface area contributed by atoms with E-state index < -0.39 is 18.6 Å². The number of hydrogen-bond acceptors (Lipinski definition) is 2. The molecule has 3 nitrogen and oxygen atoms in total. The first-order chi connectivity index (χ1) is 7.40. The summed E-state index contributed by atoms with van der Waals surface area (Å²) in [6, 6.07) is 6.28. The van der Waals surface area contributed by atoms with Gasteiger partial charge in [-0.3, -0.25) is 4.79 Å². The maximum Gasteiger partial charge on any atom is 0.401 e. The van der Waals surface area contributed by atoms with Gasteiger partial charge in [0.25, 0.3) is 0 Å². The second-order valence-electron chi connectivity index (χ2n) is 3.24. The van der Waals surface area contributed by atoms with Crippen LogP contribution in [0.5, 0.6) is 0 Å². The van der Waals surface area contributed by atoms with Gasteiger partial charge >= 0.3 is 6.18 Å². The molecule has 3 N–H and O–H groups in total. The summed E-state index contributed by atoms with van der Waals surface area (Å²) in [6.45, 7) is -1.14. The molecule has 0 saturated carbocycles. The minimum atomic E-state index is -4.26. The fourth-order valence-electron chi connectivity index (χ4n) is 1.25. The average molecular weight is 232 g/mol. The number of carbonyl (C=O) groups is 1. The number of primary amides is 1. The molecule has 1 amide bonds. The van der Waals surface area contributed by atoms with Crippen LogP contribution in [0.25, 0.3) is 0 Å². The van der Waals surface area contributed by atoms with E-state index in [-0.39, 0.29) is 12.1 Å². The lowest BCUT2D eigenvalue weighted by Gasteiger charge is -2.10. The molecule has 16 heavy (non-hydrogen) atoms. The Balaban J connectivity index is 2.64. The van der Waals surface area contributed by atoms with E-state index in [9.17, 15) is 18.0 Å². The Kier molecular flexibility index (Phi) is 3.89. The minimum Gasteiger partial charge on any atom is -0.366 e. The molecule has 0 aromatic heterocycles. The van der Waals surface area contributed by atoms with Crippen LogP contribution in [0.1, 0.15) is 15.9 Å². The first kappa shape index (κ1) is 12.5. The highest BCUT2D eigenvalue weighted by molar-refractivity contribution is 5.94. The van der Waals surface area contributed by atoms with Crippen LogP contribution in [0.15, 0.2) is 24.3 Å². The molecular weight excluding hydrogens is 221 g/mol. The van der Waals surface area contributed by atoms with Gasteiger partial charge in [0.1, 0.15) is 0 Å². The Labute approximate surface area is 90.4 Å². The Morgan fingerprint density at radius 1 is 1.31 bits per heavy atom. The third-order valence-electron chi connectivity index (χ3n) is 1.92. The van der Waals surface area contributed by atoms with Crippen LogP contribution in [0.4, 0.5) is 13.2 Å². The second kappa shape index (κ2) is 4.98. The van der Waals surface area contributed by atoms with Gasteiger partial charge in [0.2, 0.25) is 5.91 Å². The Morgan fingerprint density at radius 2 is 1.94 bits per heavy atom. The molecule has 0 heterocycles. The molecule has 0 bridgehead atoms. The topological polar surface area (TPSA) is 55.1 Å². The number of rotatable bonds is 4. The lowest BCUT2D eigenvalue weighted by Crippen LogP contribution is -2.29. The zero-order valence-electron chi connectivity index (χ0n) is 8.34. The SMILES string of the molecule is NC(=O)c1ccccc1CNCC(F)(F)F. The number of amides is 1. The molecule has 1 aromatic carbocycles. The van der Waals surface area contributed by atoms with Gasteiger partial charge in [0.05, 0.1) is 6.54 Å². The normalized spacial score (nSPS) is 11.4. The molecule has 0 aliphatic heterocycles. The average Bonchev–Trinajstić information content (AvgIpc) is 2.16. The Bertz CT molecular complexity index is 377. The van der Waals surface area contributed by atoms with Crippen molar-refractivity contribution in [1.82, 2.24) is 5.32 Å². The van der Waals surface area contributed by atoms with Gasteiger partial charge in [0, 0.05) is 12.1 Å². The van der Waals surface area contributed by atoms with Gasteiger partial charge in [-0.15, -0.1) is 0 Å². The molecule has 0 atom stereocenters. The van der Waals surface area contributed by atoms with Crippen molar-refractivity contribution in [2.24, 2.45) is 5.73 Å². The van der Waals surface area contributed by atoms with E-state index in [1.807, 2.05) is 0 Å². The van der Waals surface area contributed by atoms with Crippen molar-refractivity contribution in [2.75, 3.05) is 6.54 Å². The van der Waals surface area contributed by atoms with E-state index in [2.05, 4.69) is 5.32 Å². The van der Waals surface area contributed by atoms with Crippen LogP contribution in [-0.4, -0.2) is 18.6 Å². The molecule has 0 fully saturated rings. The highest BCUT2D eigenvalue weighted by Crippen LogP contribution is 2.13. The van der Waals surface area contributed by atoms with Crippen molar-refractivity contribution in [3.63, 3.8) is 0 Å². The van der Waals surface area contributed by atoms with Crippen LogP contribution in [0.2, 0.25) is 0 Å². The van der Waals surface area contributed by atoms with Crippen LogP contribution < -0.4 is 11.1 Å². The smallest absolute Gasteiger partial charge is 0.366 e. The van der Waals surface area contributed by atoms with E-state index in [0.717, 1.165) is 0 Å². The minimum absolute atomic E-state index is 0.0430. The molecule has 0 unspecified atom stereocenters. The lowest BCUT2D eigenvalue weighted by atomic mass is 10.1. The molecule has 0 radical (unpaired) electrons. The summed E-state index contributed by atoms with van der Waals surface area (Å²) in [7, 11) is 0. The highest BCUT2D eigenvalue weighted by atomic mass is 19.4. The molecule has 1 aromatic rings. The van der Waals surface area contributed by atoms with Crippen molar-refractivity contribution in [2.45, 2.75) is 12.7 Å². The summed E-state index contributed by atoms with van der Waals surface area (Å²) in [4.78, 5) is 11.0. The molecule has 0 spiro atoms. The fraction of sp³-hybridized carbons (Fsp3) is 0.300. The zero-order valence-corrected chi connectivity index (χ0v) is 8.34. The maximum absolute atomic E-state index is 11.9. The third kappa shape index (κ3) is 3.90. The molecule has 0 saturated heterocycles. The Morgan fingerprint density at radius 3 is 2.50 bits per heavy atom. The number of nitrogens with one attached hydrogen (secondary N) is 1. The van der Waals surface area contributed by atoms with Gasteiger partial charge in [-0.1, -0.05) is 18.2 Å². The van der Waals surface area contributed by atoms with Gasteiger partial charge in [0.15, 0.2) is 0 Å². The van der Waals surface area contributed by atoms with Crippen LogP contribution in [0.3, 0.4) is 0 Å². The summed E-state index contributed by atoms with van der Waals surface area (Å²) in [6.07, 6.45) is -4.26. The van der Waals surface area contributed by atoms with Crippen molar-refractivity contribution in [3.05, 3.63) is 35.4 Å². The van der Waals surface area contributed by atoms with Gasteiger partial charge < -0.3 is 11.1 Å². The quantitative estimate of drug-likeness (QED) is 0.825. The van der Waals surface area contributed by atoms with Crippen molar-refractivity contribution >= 4 is 5.91 Å². The van der Waals surface area contributed by atoms with Crippen LogP contribution >= 0.6 is 0 Å². The largest absolute Gasteiger partial charge is 0.401 e. The Hall–Kier alpha value is -1.56. The third-order valence-corrected chi connectivity index (χ3v) is 1.92. The molecule has 1 rings (SSSR count). The highest BCUT2D eigenvalue weighted by Gasteiger charge is 2.26. The standard InChI is InChI=1S/C10H11F3N2O/c11-10(12,13)6-15-5-7-3-1-2-4-8(7)9(14)16/h1-4,15H,5-6H2,(H2,14,16). The number of nitrogens with two attached hydrogens (primary N) is 1. The van der Waals surface area contributed by atoms with Gasteiger partial charge in [-0.05, 0) is 11.6 Å². The summed E-state index contributed by atoms with van der Waals surface area (Å²) in [5.74, 6) is -0.649. The predicted molar refractivity (Wildman–Crippen MR) is 52.7 cm³/mol. The molecule has 0 aliphatic carbocycles. The summed E-state index contributed by atoms with van der Waals surface area (Å²) >= 11 is 0. The van der Waals surface area contributed by atoms with E-state index in [1.54, 1.807) is 18.2 Å². The van der Waals surface area contributed by atoms with E-state index in [1.165, 1.54) is 6.07 Å². The number of carbonyl (C=O) groups excluding carboxylic acids is 1. The number of benzene rings is 1. The van der Waals surface area contributed by atoms with Crippen LogP contribution in [-0.2, 0) is 6.54 Å². The zero-order chi connectivity index (χ0) is 12.2. The van der Waals surface area contributed by atoms with Crippen molar-refractivity contribution < 1.29 is 18.0 Å². The summed E-state index contributed by atoms with van der Waals surface area (Å²) in [5.41, 5.74) is 5.77. The predicted octanol–water partition coefficient (Wildman–Crippen LogP) is 1.44. The lowest BCUT2D eigenvalue weighted by molar-refractivity contribution is -0.125. The summed E-state index contributed by atoms with van der Waals surface area (Å²) in [5, 5.41) is 2.20. The van der Waals surface area contributed by atoms with Crippen molar-refractivity contribution in [3.8, 4) is 0 Å². The maximum atomic E-state index is 11.9. The fourth-order valence-corrected chi connectivity index (χ4v) is 1.25. The molecular formula is C10H11F3N2O. The van der Waals surface area contributed by atoms with E-state index >= 15 is 0 Å². The van der Waals surface area contributed by atoms with Gasteiger partial charge in [-0.2, -0.15) is 13.2 Å². The molecule has 6 heteroatoms. The van der Waals surface area contributed by atoms with Crippen molar-refractivity contribution in [1.29, 1.82) is 0 Å². The summed E-state index contributed by atoms with van der Waals surface area (Å²) < 4.78 is 35.6. The first-order valence-corrected chi connectivity index (χ1v) is 4.55. The van der Waals surface area contributed by atoms with Crippen LogP contribution in [0, 0.1) is 0 Å². The number of halogens is 3. The van der Waals surface area contributed by atoms with Gasteiger partial charge in [-0.25, -0.2) is 0 Å². The number of hydrogen-bond donors (Lipinski definition) is 2. The van der Waals surface area contributed by atoms with E-state index in [0.29, 0.717) is 5.56 Å². The van der Waals surface area contributed by atoms with E-state index in [4.69, 9.17) is 5.73 Å². The second-order valence-corrected chi connectivity index (χ2v) is 3.24. The monoisotopic (exact) mass is 232 g/mol.